The Morgan fingerprint density at radius 1 is 0.864 bits per heavy atom. The van der Waals surface area contributed by atoms with Gasteiger partial charge in [-0.15, -0.1) is 0 Å². The lowest BCUT2D eigenvalue weighted by Crippen LogP contribution is -2.12. The number of carbonyl (C=O) groups excluding carboxylic acids is 2. The Hall–Kier alpha value is -2.62. The molecule has 2 aromatic rings. The molecule has 2 rings (SSSR count). The molecule has 0 aliphatic carbocycles. The van der Waals surface area contributed by atoms with E-state index in [0.29, 0.717) is 11.3 Å². The minimum absolute atomic E-state index is 0.135. The van der Waals surface area contributed by atoms with Gasteiger partial charge in [0, 0.05) is 23.9 Å². The molecule has 0 bridgehead atoms. The molecule has 0 unspecified atom stereocenters. The van der Waals surface area contributed by atoms with E-state index in [9.17, 15) is 9.59 Å². The molecule has 0 saturated heterocycles. The Labute approximate surface area is 130 Å². The van der Waals surface area contributed by atoms with Crippen LogP contribution in [0.15, 0.2) is 48.5 Å². The van der Waals surface area contributed by atoms with Crippen molar-refractivity contribution in [1.29, 1.82) is 0 Å². The van der Waals surface area contributed by atoms with E-state index in [1.807, 2.05) is 24.3 Å². The highest BCUT2D eigenvalue weighted by molar-refractivity contribution is 6.04. The summed E-state index contributed by atoms with van der Waals surface area (Å²) in [5.41, 5.74) is 3.26. The topological polar surface area (TPSA) is 58.2 Å². The highest BCUT2D eigenvalue weighted by atomic mass is 16.2. The molecular weight excluding hydrogens is 276 g/mol. The molecule has 2 amide bonds. The predicted octanol–water partition coefficient (Wildman–Crippen LogP) is 3.85. The van der Waals surface area contributed by atoms with Gasteiger partial charge in [-0.3, -0.25) is 9.59 Å². The zero-order chi connectivity index (χ0) is 15.9. The van der Waals surface area contributed by atoms with Gasteiger partial charge in [-0.05, 0) is 48.4 Å². The van der Waals surface area contributed by atoms with Gasteiger partial charge in [-0.2, -0.15) is 0 Å². The maximum atomic E-state index is 12.2. The Morgan fingerprint density at radius 2 is 1.41 bits per heavy atom. The van der Waals surface area contributed by atoms with Crippen molar-refractivity contribution in [3.63, 3.8) is 0 Å². The number of aryl methyl sites for hydroxylation is 1. The van der Waals surface area contributed by atoms with E-state index in [1.54, 1.807) is 24.3 Å². The summed E-state index contributed by atoms with van der Waals surface area (Å²) in [5.74, 6) is -0.304. The lowest BCUT2D eigenvalue weighted by atomic mass is 10.1. The lowest BCUT2D eigenvalue weighted by molar-refractivity contribution is -0.114. The molecule has 0 saturated carbocycles. The Bertz CT molecular complexity index is 646. The average Bonchev–Trinajstić information content (AvgIpc) is 2.49. The van der Waals surface area contributed by atoms with Gasteiger partial charge in [-0.25, -0.2) is 0 Å². The first-order valence-electron chi connectivity index (χ1n) is 7.36. The monoisotopic (exact) mass is 296 g/mol. The molecule has 4 heteroatoms. The molecule has 0 aromatic heterocycles. The molecule has 2 aromatic carbocycles. The second-order valence-electron chi connectivity index (χ2n) is 5.16. The number of carbonyl (C=O) groups is 2. The molecule has 0 fully saturated rings. The van der Waals surface area contributed by atoms with Crippen LogP contribution < -0.4 is 10.6 Å². The second kappa shape index (κ2) is 7.41. The summed E-state index contributed by atoms with van der Waals surface area (Å²) in [6.07, 6.45) is 2.14. The van der Waals surface area contributed by atoms with Gasteiger partial charge in [0.05, 0.1) is 0 Å². The number of amides is 2. The fraction of sp³-hybridized carbons (Fsp3) is 0.222. The predicted molar refractivity (Wildman–Crippen MR) is 89.1 cm³/mol. The largest absolute Gasteiger partial charge is 0.326 e. The standard InChI is InChI=1S/C18H20N2O2/c1-3-4-14-5-9-17(10-6-14)20-18(22)15-7-11-16(12-8-15)19-13(2)21/h5-12H,3-4H2,1-2H3,(H,19,21)(H,20,22). The third-order valence-electron chi connectivity index (χ3n) is 3.22. The summed E-state index contributed by atoms with van der Waals surface area (Å²) in [6, 6.07) is 14.7. The lowest BCUT2D eigenvalue weighted by Gasteiger charge is -2.07. The summed E-state index contributed by atoms with van der Waals surface area (Å²) in [4.78, 5) is 23.1. The van der Waals surface area contributed by atoms with Crippen LogP contribution in [0, 0.1) is 0 Å². The van der Waals surface area contributed by atoms with Crippen molar-refractivity contribution in [3.05, 3.63) is 59.7 Å². The van der Waals surface area contributed by atoms with Gasteiger partial charge in [-0.1, -0.05) is 25.5 Å². The number of hydrogen-bond donors (Lipinski definition) is 2. The van der Waals surface area contributed by atoms with Crippen LogP contribution in [-0.4, -0.2) is 11.8 Å². The maximum Gasteiger partial charge on any atom is 0.255 e. The van der Waals surface area contributed by atoms with Gasteiger partial charge in [0.15, 0.2) is 0 Å². The van der Waals surface area contributed by atoms with Crippen LogP contribution in [0.3, 0.4) is 0 Å². The van der Waals surface area contributed by atoms with E-state index >= 15 is 0 Å². The van der Waals surface area contributed by atoms with Gasteiger partial charge in [0.1, 0.15) is 0 Å². The van der Waals surface area contributed by atoms with Gasteiger partial charge < -0.3 is 10.6 Å². The van der Waals surface area contributed by atoms with Crippen molar-refractivity contribution in [2.24, 2.45) is 0 Å². The van der Waals surface area contributed by atoms with Crippen molar-refractivity contribution >= 4 is 23.2 Å². The highest BCUT2D eigenvalue weighted by Crippen LogP contribution is 2.14. The van der Waals surface area contributed by atoms with Crippen LogP contribution in [0.1, 0.15) is 36.2 Å². The molecule has 0 spiro atoms. The SMILES string of the molecule is CCCc1ccc(NC(=O)c2ccc(NC(C)=O)cc2)cc1. The molecule has 2 N–H and O–H groups in total. The molecule has 22 heavy (non-hydrogen) atoms. The summed E-state index contributed by atoms with van der Waals surface area (Å²) < 4.78 is 0. The van der Waals surface area contributed by atoms with E-state index < -0.39 is 0 Å². The highest BCUT2D eigenvalue weighted by Gasteiger charge is 2.06. The minimum atomic E-state index is -0.169. The van der Waals surface area contributed by atoms with Crippen molar-refractivity contribution in [2.75, 3.05) is 10.6 Å². The normalized spacial score (nSPS) is 10.1. The molecule has 4 nitrogen and oxygen atoms in total. The molecule has 0 aliphatic rings. The molecule has 0 radical (unpaired) electrons. The van der Waals surface area contributed by atoms with Crippen molar-refractivity contribution < 1.29 is 9.59 Å². The first kappa shape index (κ1) is 15.8. The number of benzene rings is 2. The first-order chi connectivity index (χ1) is 10.6. The molecule has 0 heterocycles. The zero-order valence-electron chi connectivity index (χ0n) is 12.8. The van der Waals surface area contributed by atoms with Crippen molar-refractivity contribution in [1.82, 2.24) is 0 Å². The third-order valence-corrected chi connectivity index (χ3v) is 3.22. The van der Waals surface area contributed by atoms with Crippen LogP contribution >= 0.6 is 0 Å². The Morgan fingerprint density at radius 3 is 1.95 bits per heavy atom. The van der Waals surface area contributed by atoms with Crippen LogP contribution in [0.5, 0.6) is 0 Å². The summed E-state index contributed by atoms with van der Waals surface area (Å²) in [6.45, 7) is 3.59. The van der Waals surface area contributed by atoms with E-state index in [-0.39, 0.29) is 11.8 Å². The quantitative estimate of drug-likeness (QED) is 0.880. The second-order valence-corrected chi connectivity index (χ2v) is 5.16. The first-order valence-corrected chi connectivity index (χ1v) is 7.36. The molecular formula is C18H20N2O2. The van der Waals surface area contributed by atoms with E-state index in [4.69, 9.17) is 0 Å². The van der Waals surface area contributed by atoms with E-state index in [0.717, 1.165) is 18.5 Å². The zero-order valence-corrected chi connectivity index (χ0v) is 12.8. The van der Waals surface area contributed by atoms with E-state index in [2.05, 4.69) is 17.6 Å². The molecule has 114 valence electrons. The van der Waals surface area contributed by atoms with E-state index in [1.165, 1.54) is 12.5 Å². The summed E-state index contributed by atoms with van der Waals surface area (Å²) in [7, 11) is 0. The Kier molecular flexibility index (Phi) is 5.31. The van der Waals surface area contributed by atoms with Crippen molar-refractivity contribution in [3.8, 4) is 0 Å². The fourth-order valence-corrected chi connectivity index (χ4v) is 2.15. The van der Waals surface area contributed by atoms with Crippen LogP contribution in [0.4, 0.5) is 11.4 Å². The molecule has 0 atom stereocenters. The minimum Gasteiger partial charge on any atom is -0.326 e. The summed E-state index contributed by atoms with van der Waals surface area (Å²) in [5, 5.41) is 5.53. The fourth-order valence-electron chi connectivity index (χ4n) is 2.15. The number of rotatable bonds is 5. The number of anilines is 2. The smallest absolute Gasteiger partial charge is 0.255 e. The molecule has 0 aliphatic heterocycles. The van der Waals surface area contributed by atoms with Crippen LogP contribution in [0.25, 0.3) is 0 Å². The van der Waals surface area contributed by atoms with Crippen LogP contribution in [0.2, 0.25) is 0 Å². The summed E-state index contributed by atoms with van der Waals surface area (Å²) >= 11 is 0. The number of nitrogens with one attached hydrogen (secondary N) is 2. The van der Waals surface area contributed by atoms with Gasteiger partial charge in [0.25, 0.3) is 5.91 Å². The van der Waals surface area contributed by atoms with Gasteiger partial charge in [0.2, 0.25) is 5.91 Å². The maximum absolute atomic E-state index is 12.2. The average molecular weight is 296 g/mol. The van der Waals surface area contributed by atoms with Crippen molar-refractivity contribution in [2.45, 2.75) is 26.7 Å². The third kappa shape index (κ3) is 4.45. The Balaban J connectivity index is 2.00. The number of hydrogen-bond acceptors (Lipinski definition) is 2. The van der Waals surface area contributed by atoms with Crippen LogP contribution in [-0.2, 0) is 11.2 Å². The van der Waals surface area contributed by atoms with Gasteiger partial charge >= 0.3 is 0 Å².